The molecule has 0 spiro atoms. The van der Waals surface area contributed by atoms with E-state index in [1.165, 1.54) is 22.3 Å². The summed E-state index contributed by atoms with van der Waals surface area (Å²) in [5.74, 6) is 0.472. The van der Waals surface area contributed by atoms with Gasteiger partial charge in [-0.15, -0.1) is 0 Å². The van der Waals surface area contributed by atoms with Crippen LogP contribution in [0.4, 0.5) is 4.79 Å². The first kappa shape index (κ1) is 18.1. The fourth-order valence-corrected chi connectivity index (χ4v) is 3.53. The minimum absolute atomic E-state index is 0.472. The van der Waals surface area contributed by atoms with E-state index in [4.69, 9.17) is 9.84 Å². The van der Waals surface area contributed by atoms with E-state index in [-0.39, 0.29) is 0 Å². The van der Waals surface area contributed by atoms with Crippen molar-refractivity contribution in [2.45, 2.75) is 53.4 Å². The molecule has 0 bridgehead atoms. The Morgan fingerprint density at radius 3 is 2.04 bits per heavy atom. The maximum atomic E-state index is 11.1. The van der Waals surface area contributed by atoms with Crippen LogP contribution in [0.1, 0.15) is 49.9 Å². The second-order valence-corrected chi connectivity index (χ2v) is 5.80. The third kappa shape index (κ3) is 3.45. The number of ether oxygens (including phenoxy) is 1. The highest BCUT2D eigenvalue weighted by atomic mass is 16.7. The van der Waals surface area contributed by atoms with Crippen molar-refractivity contribution in [3.63, 3.8) is 0 Å². The fourth-order valence-electron chi connectivity index (χ4n) is 3.53. The minimum Gasteiger partial charge on any atom is -0.449 e. The fraction of sp³-hybridized carbons (Fsp3) is 0.381. The number of rotatable bonds is 6. The summed E-state index contributed by atoms with van der Waals surface area (Å²) in [5.41, 5.74) is 7.06. The summed E-state index contributed by atoms with van der Waals surface area (Å²) in [6.07, 6.45) is 2.21. The Labute approximate surface area is 144 Å². The SMILES string of the molecule is CCc1ccccc1-c1cc(OC(=O)O)c(CC)c(CC)c1CC. The molecule has 0 aliphatic carbocycles. The molecular formula is C21H26O3. The summed E-state index contributed by atoms with van der Waals surface area (Å²) >= 11 is 0. The predicted octanol–water partition coefficient (Wildman–Crippen LogP) is 5.66. The van der Waals surface area contributed by atoms with Gasteiger partial charge in [-0.2, -0.15) is 0 Å². The lowest BCUT2D eigenvalue weighted by Crippen LogP contribution is -2.09. The zero-order valence-electron chi connectivity index (χ0n) is 15.0. The van der Waals surface area contributed by atoms with Crippen molar-refractivity contribution in [3.05, 3.63) is 52.6 Å². The van der Waals surface area contributed by atoms with Gasteiger partial charge in [-0.3, -0.25) is 0 Å². The van der Waals surface area contributed by atoms with Gasteiger partial charge in [-0.1, -0.05) is 52.0 Å². The molecule has 2 aromatic rings. The van der Waals surface area contributed by atoms with E-state index in [0.29, 0.717) is 5.75 Å². The molecule has 1 N–H and O–H groups in total. The molecule has 2 rings (SSSR count). The van der Waals surface area contributed by atoms with Gasteiger partial charge in [0, 0.05) is 0 Å². The first-order chi connectivity index (χ1) is 11.6. The molecule has 3 nitrogen and oxygen atoms in total. The maximum Gasteiger partial charge on any atom is 0.511 e. The van der Waals surface area contributed by atoms with Crippen LogP contribution in [0.15, 0.2) is 30.3 Å². The summed E-state index contributed by atoms with van der Waals surface area (Å²) in [4.78, 5) is 11.1. The Hall–Kier alpha value is -2.29. The van der Waals surface area contributed by atoms with E-state index in [1.807, 2.05) is 25.1 Å². The topological polar surface area (TPSA) is 46.5 Å². The van der Waals surface area contributed by atoms with Gasteiger partial charge in [0.25, 0.3) is 0 Å². The summed E-state index contributed by atoms with van der Waals surface area (Å²) < 4.78 is 5.13. The molecule has 0 saturated carbocycles. The Morgan fingerprint density at radius 2 is 1.50 bits per heavy atom. The lowest BCUT2D eigenvalue weighted by Gasteiger charge is -2.21. The molecule has 3 heteroatoms. The van der Waals surface area contributed by atoms with Crippen molar-refractivity contribution in [1.29, 1.82) is 0 Å². The lowest BCUT2D eigenvalue weighted by molar-refractivity contribution is 0.144. The van der Waals surface area contributed by atoms with Crippen molar-refractivity contribution in [3.8, 4) is 16.9 Å². The van der Waals surface area contributed by atoms with E-state index in [0.717, 1.165) is 36.8 Å². The summed E-state index contributed by atoms with van der Waals surface area (Å²) in [5, 5.41) is 9.12. The summed E-state index contributed by atoms with van der Waals surface area (Å²) in [7, 11) is 0. The predicted molar refractivity (Wildman–Crippen MR) is 98.0 cm³/mol. The highest BCUT2D eigenvalue weighted by molar-refractivity contribution is 5.76. The minimum atomic E-state index is -1.26. The first-order valence-corrected chi connectivity index (χ1v) is 8.73. The van der Waals surface area contributed by atoms with Gasteiger partial charge in [-0.25, -0.2) is 4.79 Å². The van der Waals surface area contributed by atoms with Crippen LogP contribution in [0.3, 0.4) is 0 Å². The lowest BCUT2D eigenvalue weighted by atomic mass is 9.86. The number of hydrogen-bond acceptors (Lipinski definition) is 2. The highest BCUT2D eigenvalue weighted by Gasteiger charge is 2.19. The zero-order valence-corrected chi connectivity index (χ0v) is 15.0. The van der Waals surface area contributed by atoms with E-state index < -0.39 is 6.16 Å². The van der Waals surface area contributed by atoms with Gasteiger partial charge >= 0.3 is 6.16 Å². The molecule has 128 valence electrons. The Morgan fingerprint density at radius 1 is 0.875 bits per heavy atom. The molecule has 0 atom stereocenters. The van der Waals surface area contributed by atoms with Crippen LogP contribution >= 0.6 is 0 Å². The van der Waals surface area contributed by atoms with Crippen LogP contribution in [0, 0.1) is 0 Å². The van der Waals surface area contributed by atoms with Gasteiger partial charge in [-0.05, 0) is 65.1 Å². The monoisotopic (exact) mass is 326 g/mol. The number of aryl methyl sites for hydroxylation is 1. The molecule has 0 aliphatic heterocycles. The van der Waals surface area contributed by atoms with Gasteiger partial charge in [0.05, 0.1) is 0 Å². The molecule has 2 aromatic carbocycles. The smallest absolute Gasteiger partial charge is 0.449 e. The number of carboxylic acid groups (broad SMARTS) is 1. The molecular weight excluding hydrogens is 300 g/mol. The van der Waals surface area contributed by atoms with Crippen molar-refractivity contribution in [2.24, 2.45) is 0 Å². The number of hydrogen-bond donors (Lipinski definition) is 1. The van der Waals surface area contributed by atoms with E-state index >= 15 is 0 Å². The van der Waals surface area contributed by atoms with Crippen LogP contribution in [-0.4, -0.2) is 11.3 Å². The molecule has 0 unspecified atom stereocenters. The van der Waals surface area contributed by atoms with Crippen LogP contribution in [0.25, 0.3) is 11.1 Å². The molecule has 0 aromatic heterocycles. The van der Waals surface area contributed by atoms with Crippen molar-refractivity contribution >= 4 is 6.16 Å². The standard InChI is InChI=1S/C21H26O3/c1-5-14-11-9-10-12-18(14)19-13-20(24-21(22)23)17(8-4)15(6-2)16(19)7-3/h9-13H,5-8H2,1-4H3,(H,22,23). The second kappa shape index (κ2) is 8.00. The maximum absolute atomic E-state index is 11.1. The normalized spacial score (nSPS) is 10.7. The number of carbonyl (C=O) groups is 1. The first-order valence-electron chi connectivity index (χ1n) is 8.73. The molecule has 0 aliphatic rings. The molecule has 0 fully saturated rings. The molecule has 0 amide bonds. The van der Waals surface area contributed by atoms with Crippen molar-refractivity contribution in [1.82, 2.24) is 0 Å². The largest absolute Gasteiger partial charge is 0.511 e. The van der Waals surface area contributed by atoms with Gasteiger partial charge in [0.1, 0.15) is 5.75 Å². The Kier molecular flexibility index (Phi) is 6.02. The van der Waals surface area contributed by atoms with Crippen molar-refractivity contribution < 1.29 is 14.6 Å². The van der Waals surface area contributed by atoms with Crippen LogP contribution in [-0.2, 0) is 25.7 Å². The Balaban J connectivity index is 2.81. The highest BCUT2D eigenvalue weighted by Crippen LogP contribution is 2.37. The van der Waals surface area contributed by atoms with Crippen LogP contribution in [0.5, 0.6) is 5.75 Å². The zero-order chi connectivity index (χ0) is 17.7. The van der Waals surface area contributed by atoms with Crippen LogP contribution in [0.2, 0.25) is 0 Å². The van der Waals surface area contributed by atoms with E-state index in [2.05, 4.69) is 32.9 Å². The third-order valence-electron chi connectivity index (χ3n) is 4.57. The average molecular weight is 326 g/mol. The van der Waals surface area contributed by atoms with Gasteiger partial charge in [0.15, 0.2) is 0 Å². The molecule has 0 saturated heterocycles. The Bertz CT molecular complexity index is 732. The van der Waals surface area contributed by atoms with Gasteiger partial charge in [0.2, 0.25) is 0 Å². The van der Waals surface area contributed by atoms with E-state index in [1.54, 1.807) is 0 Å². The molecule has 24 heavy (non-hydrogen) atoms. The van der Waals surface area contributed by atoms with E-state index in [9.17, 15) is 4.79 Å². The molecule has 0 radical (unpaired) electrons. The van der Waals surface area contributed by atoms with Crippen LogP contribution < -0.4 is 4.74 Å². The summed E-state index contributed by atoms with van der Waals surface area (Å²) in [6, 6.07) is 10.2. The quantitative estimate of drug-likeness (QED) is 0.550. The number of benzene rings is 2. The second-order valence-electron chi connectivity index (χ2n) is 5.80. The third-order valence-corrected chi connectivity index (χ3v) is 4.57. The summed E-state index contributed by atoms with van der Waals surface area (Å²) in [6.45, 7) is 8.46. The van der Waals surface area contributed by atoms with Crippen molar-refractivity contribution in [2.75, 3.05) is 0 Å². The van der Waals surface area contributed by atoms with Gasteiger partial charge < -0.3 is 9.84 Å². The molecule has 0 heterocycles. The average Bonchev–Trinajstić information content (AvgIpc) is 2.59.